The zero-order valence-electron chi connectivity index (χ0n) is 11.0. The Hall–Kier alpha value is -2.83. The van der Waals surface area contributed by atoms with Crippen molar-refractivity contribution in [3.63, 3.8) is 0 Å². The van der Waals surface area contributed by atoms with E-state index < -0.39 is 5.91 Å². The second-order valence-electron chi connectivity index (χ2n) is 4.28. The van der Waals surface area contributed by atoms with Gasteiger partial charge in [-0.3, -0.25) is 9.89 Å². The number of hydrazone groups is 1. The lowest BCUT2D eigenvalue weighted by molar-refractivity contribution is 0.0950. The molecule has 0 atom stereocenters. The van der Waals surface area contributed by atoms with Crippen LogP contribution < -0.4 is 5.43 Å². The molecule has 1 aromatic heterocycles. The molecule has 1 aromatic carbocycles. The first kappa shape index (κ1) is 13.6. The fraction of sp³-hybridized carbons (Fsp3) is 0.154. The minimum Gasteiger partial charge on any atom is -0.508 e. The molecule has 20 heavy (non-hydrogen) atoms. The van der Waals surface area contributed by atoms with Crippen LogP contribution in [0.3, 0.4) is 0 Å². The van der Waals surface area contributed by atoms with Crippen molar-refractivity contribution in [2.45, 2.75) is 13.8 Å². The monoisotopic (exact) mass is 274 g/mol. The third-order valence-electron chi connectivity index (χ3n) is 2.63. The second kappa shape index (κ2) is 5.43. The summed E-state index contributed by atoms with van der Waals surface area (Å²) in [5.41, 5.74) is 4.17. The molecule has 104 valence electrons. The average Bonchev–Trinajstić information content (AvgIpc) is 2.82. The normalized spacial score (nSPS) is 11.4. The highest BCUT2D eigenvalue weighted by molar-refractivity contribution is 6.02. The minimum absolute atomic E-state index is 0.0462. The topological polar surface area (TPSA) is 111 Å². The number of aromatic hydroxyl groups is 2. The van der Waals surface area contributed by atoms with Gasteiger partial charge in [-0.2, -0.15) is 10.2 Å². The molecule has 0 saturated heterocycles. The van der Waals surface area contributed by atoms with Crippen molar-refractivity contribution in [1.82, 2.24) is 15.6 Å². The fourth-order valence-electron chi connectivity index (χ4n) is 1.61. The average molecular weight is 274 g/mol. The summed E-state index contributed by atoms with van der Waals surface area (Å²) in [6.07, 6.45) is 0. The number of hydrogen-bond acceptors (Lipinski definition) is 5. The summed E-state index contributed by atoms with van der Waals surface area (Å²) in [6.45, 7) is 3.41. The lowest BCUT2D eigenvalue weighted by atomic mass is 10.1. The van der Waals surface area contributed by atoms with Crippen molar-refractivity contribution in [3.05, 3.63) is 41.2 Å². The summed E-state index contributed by atoms with van der Waals surface area (Å²) in [5.74, 6) is -0.613. The summed E-state index contributed by atoms with van der Waals surface area (Å²) >= 11 is 0. The van der Waals surface area contributed by atoms with Crippen molar-refractivity contribution in [1.29, 1.82) is 0 Å². The first-order valence-corrected chi connectivity index (χ1v) is 5.86. The number of nitrogens with zero attached hydrogens (tertiary/aromatic N) is 2. The molecule has 0 fully saturated rings. The van der Waals surface area contributed by atoms with Crippen LogP contribution in [-0.2, 0) is 0 Å². The Bertz CT molecular complexity index is 676. The van der Waals surface area contributed by atoms with Crippen molar-refractivity contribution in [2.24, 2.45) is 5.10 Å². The first-order chi connectivity index (χ1) is 9.47. The van der Waals surface area contributed by atoms with Crippen molar-refractivity contribution in [2.75, 3.05) is 0 Å². The van der Waals surface area contributed by atoms with E-state index in [-0.39, 0.29) is 17.2 Å². The lowest BCUT2D eigenvalue weighted by Crippen LogP contribution is -2.19. The number of amides is 1. The van der Waals surface area contributed by atoms with Gasteiger partial charge >= 0.3 is 0 Å². The van der Waals surface area contributed by atoms with E-state index in [0.29, 0.717) is 11.3 Å². The van der Waals surface area contributed by atoms with Gasteiger partial charge in [-0.15, -0.1) is 0 Å². The van der Waals surface area contributed by atoms with Crippen molar-refractivity contribution < 1.29 is 15.0 Å². The molecule has 7 heteroatoms. The molecule has 0 bridgehead atoms. The van der Waals surface area contributed by atoms with Crippen molar-refractivity contribution in [3.8, 4) is 11.5 Å². The number of aromatic nitrogens is 2. The number of aromatic amines is 1. The maximum absolute atomic E-state index is 11.7. The van der Waals surface area contributed by atoms with E-state index >= 15 is 0 Å². The smallest absolute Gasteiger partial charge is 0.291 e. The molecular weight excluding hydrogens is 260 g/mol. The molecule has 1 amide bonds. The molecular formula is C13H14N4O3. The van der Waals surface area contributed by atoms with Gasteiger partial charge in [0.15, 0.2) is 5.69 Å². The minimum atomic E-state index is -0.452. The molecule has 2 rings (SSSR count). The zero-order valence-corrected chi connectivity index (χ0v) is 11.0. The molecule has 0 aliphatic rings. The maximum Gasteiger partial charge on any atom is 0.291 e. The molecule has 0 radical (unpaired) electrons. The number of carbonyl (C=O) groups excluding carboxylic acids is 1. The predicted octanol–water partition coefficient (Wildman–Crippen LogP) is 1.28. The number of aryl methyl sites for hydroxylation is 1. The predicted molar refractivity (Wildman–Crippen MR) is 72.8 cm³/mol. The van der Waals surface area contributed by atoms with Gasteiger partial charge in [0.25, 0.3) is 5.91 Å². The summed E-state index contributed by atoms with van der Waals surface area (Å²) in [5, 5.41) is 29.2. The van der Waals surface area contributed by atoms with E-state index in [4.69, 9.17) is 0 Å². The fourth-order valence-corrected chi connectivity index (χ4v) is 1.61. The van der Waals surface area contributed by atoms with Gasteiger partial charge in [-0.25, -0.2) is 5.43 Å². The molecule has 0 unspecified atom stereocenters. The van der Waals surface area contributed by atoms with Crippen LogP contribution in [-0.4, -0.2) is 32.0 Å². The van der Waals surface area contributed by atoms with E-state index in [1.165, 1.54) is 18.2 Å². The Balaban J connectivity index is 2.13. The van der Waals surface area contributed by atoms with E-state index in [2.05, 4.69) is 20.7 Å². The Morgan fingerprint density at radius 1 is 1.35 bits per heavy atom. The third kappa shape index (κ3) is 2.94. The second-order valence-corrected chi connectivity index (χ2v) is 4.28. The molecule has 0 saturated carbocycles. The van der Waals surface area contributed by atoms with E-state index in [9.17, 15) is 15.0 Å². The molecule has 0 aliphatic heterocycles. The highest BCUT2D eigenvalue weighted by Gasteiger charge is 2.10. The first-order valence-electron chi connectivity index (χ1n) is 5.86. The summed E-state index contributed by atoms with van der Waals surface area (Å²) < 4.78 is 0. The quantitative estimate of drug-likeness (QED) is 0.499. The van der Waals surface area contributed by atoms with E-state index in [1.54, 1.807) is 19.9 Å². The van der Waals surface area contributed by atoms with Crippen LogP contribution in [0.2, 0.25) is 0 Å². The number of H-pyrrole nitrogens is 1. The molecule has 0 aliphatic carbocycles. The number of benzene rings is 1. The van der Waals surface area contributed by atoms with Gasteiger partial charge in [-0.1, -0.05) is 0 Å². The molecule has 0 spiro atoms. The molecule has 2 aromatic rings. The molecule has 4 N–H and O–H groups in total. The number of rotatable bonds is 3. The Morgan fingerprint density at radius 3 is 2.70 bits per heavy atom. The number of nitrogens with one attached hydrogen (secondary N) is 2. The number of phenolic OH excluding ortho intramolecular Hbond substituents is 2. The maximum atomic E-state index is 11.7. The highest BCUT2D eigenvalue weighted by atomic mass is 16.3. The molecule has 7 nitrogen and oxygen atoms in total. The van der Waals surface area contributed by atoms with Crippen LogP contribution in [0.1, 0.15) is 28.7 Å². The van der Waals surface area contributed by atoms with E-state index in [0.717, 1.165) is 5.69 Å². The summed E-state index contributed by atoms with van der Waals surface area (Å²) in [6, 6.07) is 5.73. The van der Waals surface area contributed by atoms with Gasteiger partial charge in [-0.05, 0) is 32.0 Å². The Kier molecular flexibility index (Phi) is 3.69. The summed E-state index contributed by atoms with van der Waals surface area (Å²) in [4.78, 5) is 11.7. The van der Waals surface area contributed by atoms with Crippen LogP contribution in [0.15, 0.2) is 29.4 Å². The van der Waals surface area contributed by atoms with Gasteiger partial charge in [0.2, 0.25) is 0 Å². The molecule has 1 heterocycles. The SMILES string of the molecule is C/C(=N\NC(=O)c1cc(C)[nH]n1)c1ccc(O)cc1O. The number of carbonyl (C=O) groups is 1. The number of phenols is 2. The Morgan fingerprint density at radius 2 is 2.10 bits per heavy atom. The summed E-state index contributed by atoms with van der Waals surface area (Å²) in [7, 11) is 0. The number of hydrogen-bond donors (Lipinski definition) is 4. The van der Waals surface area contributed by atoms with Crippen molar-refractivity contribution >= 4 is 11.6 Å². The van der Waals surface area contributed by atoms with Gasteiger partial charge in [0.1, 0.15) is 11.5 Å². The van der Waals surface area contributed by atoms with Crippen LogP contribution >= 0.6 is 0 Å². The Labute approximate surface area is 115 Å². The van der Waals surface area contributed by atoms with Crippen LogP contribution in [0, 0.1) is 6.92 Å². The van der Waals surface area contributed by atoms with Crippen LogP contribution in [0.5, 0.6) is 11.5 Å². The van der Waals surface area contributed by atoms with Gasteiger partial charge in [0, 0.05) is 17.3 Å². The van der Waals surface area contributed by atoms with Gasteiger partial charge < -0.3 is 10.2 Å². The highest BCUT2D eigenvalue weighted by Crippen LogP contribution is 2.22. The van der Waals surface area contributed by atoms with Crippen LogP contribution in [0.4, 0.5) is 0 Å². The van der Waals surface area contributed by atoms with Gasteiger partial charge in [0.05, 0.1) is 5.71 Å². The van der Waals surface area contributed by atoms with Crippen LogP contribution in [0.25, 0.3) is 0 Å². The third-order valence-corrected chi connectivity index (χ3v) is 2.63. The zero-order chi connectivity index (χ0) is 14.7. The standard InChI is InChI=1S/C13H14N4O3/c1-7-5-11(16-14-7)13(20)17-15-8(2)10-4-3-9(18)6-12(10)19/h3-6,18-19H,1-2H3,(H,14,16)(H,17,20)/b15-8+. The van der Waals surface area contributed by atoms with E-state index in [1.807, 2.05) is 0 Å². The largest absolute Gasteiger partial charge is 0.508 e. The lowest BCUT2D eigenvalue weighted by Gasteiger charge is -2.04.